The molecule has 0 heterocycles. The molecule has 0 radical (unpaired) electrons. The molecule has 0 atom stereocenters. The van der Waals surface area contributed by atoms with Crippen molar-refractivity contribution >= 4 is 5.97 Å². The van der Waals surface area contributed by atoms with Crippen molar-refractivity contribution in [1.29, 1.82) is 0 Å². The van der Waals surface area contributed by atoms with Crippen LogP contribution in [0.25, 0.3) is 0 Å². The second-order valence-corrected chi connectivity index (χ2v) is 5.97. The summed E-state index contributed by atoms with van der Waals surface area (Å²) in [5.41, 5.74) is 0.747. The molecule has 2 nitrogen and oxygen atoms in total. The quantitative estimate of drug-likeness (QED) is 0.528. The van der Waals surface area contributed by atoms with Crippen LogP contribution >= 0.6 is 0 Å². The fourth-order valence-electron chi connectivity index (χ4n) is 4.76. The van der Waals surface area contributed by atoms with Crippen molar-refractivity contribution in [2.24, 2.45) is 29.6 Å². The van der Waals surface area contributed by atoms with Gasteiger partial charge in [-0.3, -0.25) is 0 Å². The average molecular weight is 220 g/mol. The van der Waals surface area contributed by atoms with Gasteiger partial charge in [-0.25, -0.2) is 4.79 Å². The Labute approximate surface area is 97.1 Å². The van der Waals surface area contributed by atoms with E-state index in [1.807, 2.05) is 0 Å². The summed E-state index contributed by atoms with van der Waals surface area (Å²) in [7, 11) is 1.46. The van der Waals surface area contributed by atoms with Gasteiger partial charge in [0.2, 0.25) is 0 Å². The normalized spacial score (nSPS) is 44.4. The van der Waals surface area contributed by atoms with E-state index in [1.54, 1.807) is 0 Å². The van der Waals surface area contributed by atoms with Gasteiger partial charge in [0.1, 0.15) is 0 Å². The number of esters is 1. The Morgan fingerprint density at radius 1 is 1.06 bits per heavy atom. The zero-order valence-electron chi connectivity index (χ0n) is 9.95. The highest BCUT2D eigenvalue weighted by Crippen LogP contribution is 2.58. The minimum atomic E-state index is -0.183. The summed E-state index contributed by atoms with van der Waals surface area (Å²) in [5, 5.41) is 0. The van der Waals surface area contributed by atoms with E-state index in [0.717, 1.165) is 29.2 Å². The first kappa shape index (κ1) is 10.4. The topological polar surface area (TPSA) is 26.3 Å². The number of hydrogen-bond acceptors (Lipinski definition) is 2. The highest BCUT2D eigenvalue weighted by Gasteiger charge is 2.49. The van der Waals surface area contributed by atoms with E-state index in [4.69, 9.17) is 4.74 Å². The van der Waals surface area contributed by atoms with E-state index in [-0.39, 0.29) is 5.97 Å². The standard InChI is InChI=1S/C14H20O2/c1-8(14(15)16-2)13-11-4-9-3-10(6-11)7-12(13)5-9/h9-13H,1,3-7H2,2H3. The van der Waals surface area contributed by atoms with Gasteiger partial charge in [-0.15, -0.1) is 0 Å². The Bertz CT molecular complexity index is 304. The van der Waals surface area contributed by atoms with Gasteiger partial charge in [-0.2, -0.15) is 0 Å². The maximum atomic E-state index is 11.6. The van der Waals surface area contributed by atoms with Crippen LogP contribution < -0.4 is 0 Å². The maximum Gasteiger partial charge on any atom is 0.333 e. The van der Waals surface area contributed by atoms with E-state index in [0.29, 0.717) is 5.92 Å². The molecule has 4 bridgehead atoms. The summed E-state index contributed by atoms with van der Waals surface area (Å²) >= 11 is 0. The third-order valence-electron chi connectivity index (χ3n) is 5.08. The molecule has 4 aliphatic carbocycles. The molecule has 4 saturated carbocycles. The molecule has 0 spiro atoms. The number of carbonyl (C=O) groups is 1. The van der Waals surface area contributed by atoms with Crippen LogP contribution in [-0.2, 0) is 9.53 Å². The minimum Gasteiger partial charge on any atom is -0.466 e. The first-order valence-corrected chi connectivity index (χ1v) is 6.46. The molecule has 0 amide bonds. The highest BCUT2D eigenvalue weighted by molar-refractivity contribution is 5.88. The second-order valence-electron chi connectivity index (χ2n) is 5.97. The molecular formula is C14H20O2. The van der Waals surface area contributed by atoms with Crippen LogP contribution in [0.2, 0.25) is 0 Å². The summed E-state index contributed by atoms with van der Waals surface area (Å²) in [6.07, 6.45) is 6.76. The van der Waals surface area contributed by atoms with Crippen LogP contribution in [0.1, 0.15) is 32.1 Å². The number of hydrogen-bond donors (Lipinski definition) is 0. The van der Waals surface area contributed by atoms with Crippen molar-refractivity contribution in [3.05, 3.63) is 12.2 Å². The summed E-state index contributed by atoms with van der Waals surface area (Å²) in [6.45, 7) is 4.00. The Hall–Kier alpha value is -0.790. The van der Waals surface area contributed by atoms with Gasteiger partial charge < -0.3 is 4.74 Å². The Morgan fingerprint density at radius 3 is 2.00 bits per heavy atom. The third-order valence-corrected chi connectivity index (χ3v) is 5.08. The summed E-state index contributed by atoms with van der Waals surface area (Å²) in [6, 6.07) is 0. The zero-order chi connectivity index (χ0) is 11.3. The van der Waals surface area contributed by atoms with Crippen molar-refractivity contribution in [2.45, 2.75) is 32.1 Å². The minimum absolute atomic E-state index is 0.183. The van der Waals surface area contributed by atoms with Crippen LogP contribution in [0.15, 0.2) is 12.2 Å². The lowest BCUT2D eigenvalue weighted by atomic mass is 9.50. The molecule has 0 saturated heterocycles. The van der Waals surface area contributed by atoms with Crippen molar-refractivity contribution in [3.63, 3.8) is 0 Å². The SMILES string of the molecule is C=C(C(=O)OC)C1C2CC3CC(C2)CC1C3. The molecule has 4 fully saturated rings. The zero-order valence-corrected chi connectivity index (χ0v) is 9.95. The molecule has 4 rings (SSSR count). The number of methoxy groups -OCH3 is 1. The van der Waals surface area contributed by atoms with Gasteiger partial charge in [0, 0.05) is 5.57 Å². The molecule has 0 aromatic heterocycles. The Kier molecular flexibility index (Phi) is 2.34. The molecule has 0 N–H and O–H groups in total. The molecule has 0 aliphatic heterocycles. The smallest absolute Gasteiger partial charge is 0.333 e. The molecular weight excluding hydrogens is 200 g/mol. The lowest BCUT2D eigenvalue weighted by molar-refractivity contribution is -0.138. The lowest BCUT2D eigenvalue weighted by Gasteiger charge is -2.54. The molecule has 88 valence electrons. The molecule has 0 unspecified atom stereocenters. The van der Waals surface area contributed by atoms with Crippen LogP contribution in [0.3, 0.4) is 0 Å². The number of rotatable bonds is 2. The van der Waals surface area contributed by atoms with Crippen molar-refractivity contribution in [2.75, 3.05) is 7.11 Å². The van der Waals surface area contributed by atoms with E-state index in [2.05, 4.69) is 6.58 Å². The van der Waals surface area contributed by atoms with E-state index < -0.39 is 0 Å². The monoisotopic (exact) mass is 220 g/mol. The Morgan fingerprint density at radius 2 is 1.56 bits per heavy atom. The van der Waals surface area contributed by atoms with Crippen molar-refractivity contribution < 1.29 is 9.53 Å². The molecule has 2 heteroatoms. The van der Waals surface area contributed by atoms with Gasteiger partial charge in [-0.05, 0) is 61.7 Å². The lowest BCUT2D eigenvalue weighted by Crippen LogP contribution is -2.46. The predicted octanol–water partition coefficient (Wildman–Crippen LogP) is 2.79. The third kappa shape index (κ3) is 1.42. The van der Waals surface area contributed by atoms with E-state index >= 15 is 0 Å². The van der Waals surface area contributed by atoms with Gasteiger partial charge >= 0.3 is 5.97 Å². The largest absolute Gasteiger partial charge is 0.466 e. The summed E-state index contributed by atoms with van der Waals surface area (Å²) in [5.74, 6) is 3.59. The average Bonchev–Trinajstić information content (AvgIpc) is 2.26. The highest BCUT2D eigenvalue weighted by atomic mass is 16.5. The van der Waals surface area contributed by atoms with Crippen LogP contribution in [-0.4, -0.2) is 13.1 Å². The molecule has 0 aromatic carbocycles. The van der Waals surface area contributed by atoms with E-state index in [9.17, 15) is 4.79 Å². The van der Waals surface area contributed by atoms with Crippen molar-refractivity contribution in [3.8, 4) is 0 Å². The molecule has 16 heavy (non-hydrogen) atoms. The number of carbonyl (C=O) groups excluding carboxylic acids is 1. The van der Waals surface area contributed by atoms with Crippen molar-refractivity contribution in [1.82, 2.24) is 0 Å². The van der Waals surface area contributed by atoms with Gasteiger partial charge in [-0.1, -0.05) is 6.58 Å². The van der Waals surface area contributed by atoms with Gasteiger partial charge in [0.25, 0.3) is 0 Å². The fourth-order valence-corrected chi connectivity index (χ4v) is 4.76. The number of ether oxygens (including phenoxy) is 1. The summed E-state index contributed by atoms with van der Waals surface area (Å²) < 4.78 is 4.83. The first-order chi connectivity index (χ1) is 7.69. The fraction of sp³-hybridized carbons (Fsp3) is 0.786. The predicted molar refractivity (Wildman–Crippen MR) is 61.7 cm³/mol. The second kappa shape index (κ2) is 3.61. The van der Waals surface area contributed by atoms with Crippen LogP contribution in [0.5, 0.6) is 0 Å². The Balaban J connectivity index is 1.81. The van der Waals surface area contributed by atoms with Crippen LogP contribution in [0.4, 0.5) is 0 Å². The molecule has 0 aromatic rings. The van der Waals surface area contributed by atoms with Gasteiger partial charge in [0.05, 0.1) is 7.11 Å². The molecule has 4 aliphatic rings. The van der Waals surface area contributed by atoms with E-state index in [1.165, 1.54) is 39.2 Å². The van der Waals surface area contributed by atoms with Crippen LogP contribution in [0, 0.1) is 29.6 Å². The summed E-state index contributed by atoms with van der Waals surface area (Å²) in [4.78, 5) is 11.6. The first-order valence-electron chi connectivity index (χ1n) is 6.46. The van der Waals surface area contributed by atoms with Gasteiger partial charge in [0.15, 0.2) is 0 Å². The maximum absolute atomic E-state index is 11.6.